The van der Waals surface area contributed by atoms with Gasteiger partial charge >= 0.3 is 5.97 Å². The molecule has 1 saturated carbocycles. The molecular formula is C23H34ClN5O3. The molecule has 1 aromatic heterocycles. The van der Waals surface area contributed by atoms with Crippen molar-refractivity contribution in [2.45, 2.75) is 64.8 Å². The molecule has 1 aliphatic carbocycles. The first-order chi connectivity index (χ1) is 15.5. The Hall–Kier alpha value is -2.19. The van der Waals surface area contributed by atoms with Crippen LogP contribution < -0.4 is 5.32 Å². The summed E-state index contributed by atoms with van der Waals surface area (Å²) in [4.78, 5) is 12.1. The zero-order valence-corrected chi connectivity index (χ0v) is 19.6. The molecule has 1 saturated heterocycles. The summed E-state index contributed by atoms with van der Waals surface area (Å²) in [5, 5.41) is 26.3. The molecule has 3 N–H and O–H groups in total. The number of aromatic nitrogens is 4. The minimum atomic E-state index is -0.0475. The van der Waals surface area contributed by atoms with Crippen molar-refractivity contribution in [3.8, 4) is 17.1 Å². The van der Waals surface area contributed by atoms with E-state index in [-0.39, 0.29) is 23.6 Å². The van der Waals surface area contributed by atoms with E-state index in [0.29, 0.717) is 23.1 Å². The highest BCUT2D eigenvalue weighted by Crippen LogP contribution is 2.35. The van der Waals surface area contributed by atoms with Crippen LogP contribution in [0.25, 0.3) is 11.4 Å². The van der Waals surface area contributed by atoms with Crippen LogP contribution in [-0.4, -0.2) is 50.9 Å². The summed E-state index contributed by atoms with van der Waals surface area (Å²) in [6, 6.07) is 4.75. The molecule has 9 heteroatoms. The van der Waals surface area contributed by atoms with Gasteiger partial charge in [-0.15, -0.1) is 10.2 Å². The van der Waals surface area contributed by atoms with E-state index < -0.39 is 0 Å². The highest BCUT2D eigenvalue weighted by molar-refractivity contribution is 6.33. The normalized spacial score (nSPS) is 22.6. The maximum absolute atomic E-state index is 12.1. The van der Waals surface area contributed by atoms with E-state index in [4.69, 9.17) is 16.3 Å². The molecule has 3 unspecified atom stereocenters. The largest absolute Gasteiger partial charge is 0.507 e. The maximum atomic E-state index is 12.1. The first-order valence-electron chi connectivity index (χ1n) is 11.6. The first-order valence-corrected chi connectivity index (χ1v) is 12.0. The Kier molecular flexibility index (Phi) is 9.29. The van der Waals surface area contributed by atoms with Crippen LogP contribution in [0, 0.1) is 17.8 Å². The number of nitrogens with one attached hydrogen (secondary N) is 2. The minimum Gasteiger partial charge on any atom is -0.507 e. The molecule has 0 spiro atoms. The number of H-pyrrole nitrogens is 1. The number of benzene rings is 1. The first kappa shape index (κ1) is 24.5. The quantitative estimate of drug-likeness (QED) is 0.545. The lowest BCUT2D eigenvalue weighted by Gasteiger charge is -2.39. The van der Waals surface area contributed by atoms with E-state index >= 15 is 0 Å². The van der Waals surface area contributed by atoms with Crippen molar-refractivity contribution in [1.29, 1.82) is 0 Å². The molecule has 176 valence electrons. The van der Waals surface area contributed by atoms with Crippen molar-refractivity contribution >= 4 is 17.6 Å². The number of hydrogen-bond donors (Lipinski definition) is 3. The molecule has 0 amide bonds. The molecule has 1 aliphatic heterocycles. The van der Waals surface area contributed by atoms with Crippen LogP contribution in [-0.2, 0) is 9.53 Å². The number of aromatic hydroxyl groups is 1. The van der Waals surface area contributed by atoms with Crippen LogP contribution in [0.15, 0.2) is 18.2 Å². The zero-order valence-electron chi connectivity index (χ0n) is 18.9. The molecule has 4 rings (SSSR count). The van der Waals surface area contributed by atoms with Crippen LogP contribution in [0.1, 0.15) is 58.8 Å². The van der Waals surface area contributed by atoms with Gasteiger partial charge < -0.3 is 15.2 Å². The average Bonchev–Trinajstić information content (AvgIpc) is 3.34. The number of carbonyl (C=O) groups is 1. The Balaban J connectivity index is 0.000000193. The van der Waals surface area contributed by atoms with Gasteiger partial charge in [0.1, 0.15) is 11.8 Å². The number of halogens is 1. The van der Waals surface area contributed by atoms with Gasteiger partial charge in [-0.2, -0.15) is 5.21 Å². The SMILES string of the molecule is CCC(CC)COC(=O)C1CC2CCCCC2CN1.Oc1cccc(Cl)c1-c1nn[nH]n1. The van der Waals surface area contributed by atoms with Crippen LogP contribution in [0.3, 0.4) is 0 Å². The Labute approximate surface area is 194 Å². The highest BCUT2D eigenvalue weighted by atomic mass is 35.5. The molecule has 2 fully saturated rings. The number of ether oxygens (including phenoxy) is 1. The van der Waals surface area contributed by atoms with Gasteiger partial charge in [0.2, 0.25) is 5.82 Å². The third kappa shape index (κ3) is 6.42. The average molecular weight is 464 g/mol. The number of aromatic amines is 1. The number of rotatable bonds is 6. The third-order valence-corrected chi connectivity index (χ3v) is 7.01. The van der Waals surface area contributed by atoms with Gasteiger partial charge in [0.05, 0.1) is 17.2 Å². The summed E-state index contributed by atoms with van der Waals surface area (Å²) in [6.45, 7) is 5.93. The van der Waals surface area contributed by atoms with Gasteiger partial charge in [-0.3, -0.25) is 4.79 Å². The predicted molar refractivity (Wildman–Crippen MR) is 123 cm³/mol. The van der Waals surface area contributed by atoms with Crippen LogP contribution >= 0.6 is 11.6 Å². The zero-order chi connectivity index (χ0) is 22.9. The van der Waals surface area contributed by atoms with Crippen molar-refractivity contribution < 1.29 is 14.6 Å². The van der Waals surface area contributed by atoms with Crippen LogP contribution in [0.4, 0.5) is 0 Å². The van der Waals surface area contributed by atoms with E-state index in [0.717, 1.165) is 37.6 Å². The van der Waals surface area contributed by atoms with E-state index in [1.807, 2.05) is 0 Å². The van der Waals surface area contributed by atoms with Crippen LogP contribution in [0.2, 0.25) is 5.02 Å². The fourth-order valence-electron chi connectivity index (χ4n) is 4.55. The number of fused-ring (bicyclic) bond motifs is 1. The molecule has 1 aromatic carbocycles. The van der Waals surface area contributed by atoms with Gasteiger partial charge in [0, 0.05) is 0 Å². The molecule has 0 radical (unpaired) electrons. The van der Waals surface area contributed by atoms with Gasteiger partial charge in [0.15, 0.2) is 0 Å². The topological polar surface area (TPSA) is 113 Å². The van der Waals surface area contributed by atoms with Crippen molar-refractivity contribution in [2.75, 3.05) is 13.2 Å². The van der Waals surface area contributed by atoms with E-state index in [1.54, 1.807) is 12.1 Å². The summed E-state index contributed by atoms with van der Waals surface area (Å²) in [5.41, 5.74) is 0.387. The van der Waals surface area contributed by atoms with Crippen molar-refractivity contribution in [2.24, 2.45) is 17.8 Å². The number of carbonyl (C=O) groups excluding carboxylic acids is 1. The number of esters is 1. The summed E-state index contributed by atoms with van der Waals surface area (Å²) in [7, 11) is 0. The second kappa shape index (κ2) is 12.2. The van der Waals surface area contributed by atoms with Gasteiger partial charge in [-0.25, -0.2) is 0 Å². The number of phenolic OH excluding ortho intramolecular Hbond substituents is 1. The molecule has 8 nitrogen and oxygen atoms in total. The van der Waals surface area contributed by atoms with Crippen molar-refractivity contribution in [3.63, 3.8) is 0 Å². The van der Waals surface area contributed by atoms with Gasteiger partial charge in [0.25, 0.3) is 0 Å². The number of hydrogen-bond acceptors (Lipinski definition) is 7. The fourth-order valence-corrected chi connectivity index (χ4v) is 4.80. The van der Waals surface area contributed by atoms with Crippen molar-refractivity contribution in [1.82, 2.24) is 25.9 Å². The lowest BCUT2D eigenvalue weighted by atomic mass is 9.74. The Morgan fingerprint density at radius 2 is 2.00 bits per heavy atom. The second-order valence-corrected chi connectivity index (χ2v) is 9.09. The molecule has 0 bridgehead atoms. The third-order valence-electron chi connectivity index (χ3n) is 6.69. The Morgan fingerprint density at radius 1 is 1.25 bits per heavy atom. The molecular weight excluding hydrogens is 430 g/mol. The summed E-state index contributed by atoms with van der Waals surface area (Å²) >= 11 is 5.84. The lowest BCUT2D eigenvalue weighted by Crippen LogP contribution is -2.49. The predicted octanol–water partition coefficient (Wildman–Crippen LogP) is 4.36. The van der Waals surface area contributed by atoms with Crippen LogP contribution in [0.5, 0.6) is 5.75 Å². The fraction of sp³-hybridized carbons (Fsp3) is 0.652. The monoisotopic (exact) mass is 463 g/mol. The van der Waals surface area contributed by atoms with E-state index in [9.17, 15) is 9.90 Å². The maximum Gasteiger partial charge on any atom is 0.323 e. The molecule has 3 atom stereocenters. The lowest BCUT2D eigenvalue weighted by molar-refractivity contribution is -0.149. The molecule has 2 heterocycles. The van der Waals surface area contributed by atoms with Gasteiger partial charge in [-0.05, 0) is 54.5 Å². The number of phenols is 1. The van der Waals surface area contributed by atoms with E-state index in [2.05, 4.69) is 39.8 Å². The van der Waals surface area contributed by atoms with Crippen molar-refractivity contribution in [3.05, 3.63) is 23.2 Å². The smallest absolute Gasteiger partial charge is 0.323 e. The standard InChI is InChI=1S/C16H29NO2.C7H5ClN4O/c1-3-12(4-2)11-19-16(18)15-9-13-7-5-6-8-14(13)10-17-15;8-4-2-1-3-5(13)6(4)7-9-11-12-10-7/h12-15,17H,3-11H2,1-2H3;1-3,13H,(H,9,10,11,12). The number of piperidine rings is 1. The summed E-state index contributed by atoms with van der Waals surface area (Å²) in [5.74, 6) is 2.38. The number of tetrazole rings is 1. The van der Waals surface area contributed by atoms with E-state index in [1.165, 1.54) is 31.7 Å². The molecule has 2 aromatic rings. The summed E-state index contributed by atoms with van der Waals surface area (Å²) < 4.78 is 5.50. The van der Waals surface area contributed by atoms with Gasteiger partial charge in [-0.1, -0.05) is 63.6 Å². The summed E-state index contributed by atoms with van der Waals surface area (Å²) in [6.07, 6.45) is 8.53. The Morgan fingerprint density at radius 3 is 2.66 bits per heavy atom. The second-order valence-electron chi connectivity index (χ2n) is 8.68. The highest BCUT2D eigenvalue weighted by Gasteiger charge is 2.35. The molecule has 32 heavy (non-hydrogen) atoms. The minimum absolute atomic E-state index is 0.0177. The number of nitrogens with zero attached hydrogens (tertiary/aromatic N) is 3. The Bertz CT molecular complexity index is 824. The molecule has 2 aliphatic rings.